The number of rotatable bonds is 2. The van der Waals surface area contributed by atoms with Crippen LogP contribution in [0.1, 0.15) is 56.8 Å². The van der Waals surface area contributed by atoms with Crippen LogP contribution in [0.4, 0.5) is 13.2 Å². The molecule has 2 aromatic carbocycles. The predicted octanol–water partition coefficient (Wildman–Crippen LogP) is 4.28. The number of hydrogen-bond donors (Lipinski definition) is 0. The first-order valence-electron chi connectivity index (χ1n) is 12.2. The number of alkyl halides is 2. The maximum atomic E-state index is 15.3. The molecule has 0 radical (unpaired) electrons. The van der Waals surface area contributed by atoms with Crippen LogP contribution >= 0.6 is 0 Å². The van der Waals surface area contributed by atoms with Crippen molar-refractivity contribution in [1.82, 2.24) is 14.5 Å². The summed E-state index contributed by atoms with van der Waals surface area (Å²) in [5, 5.41) is 0. The molecule has 3 aromatic rings. The number of carbonyl (C=O) groups is 1. The molecule has 4 heterocycles. The molecule has 1 fully saturated rings. The molecule has 0 unspecified atom stereocenters. The number of imidazole rings is 1. The third-order valence-corrected chi connectivity index (χ3v) is 6.56. The van der Waals surface area contributed by atoms with Crippen LogP contribution in [0.3, 0.4) is 0 Å². The number of carbonyl (C=O) groups excluding carboxylic acids is 1. The number of nitrogens with zero attached hydrogens (tertiary/aromatic N) is 3. The average Bonchev–Trinajstić information content (AvgIpc) is 3.29. The van der Waals surface area contributed by atoms with Gasteiger partial charge in [-0.15, -0.1) is 0 Å². The van der Waals surface area contributed by atoms with E-state index in [2.05, 4.69) is 16.8 Å². The van der Waals surface area contributed by atoms with Crippen LogP contribution in [0, 0.1) is 23.1 Å². The normalized spacial score (nSPS) is 23.7. The lowest BCUT2D eigenvalue weighted by Crippen LogP contribution is -2.38. The van der Waals surface area contributed by atoms with Crippen molar-refractivity contribution < 1.29 is 31.6 Å². The molecule has 9 heteroatoms. The lowest BCUT2D eigenvalue weighted by atomic mass is 9.89. The van der Waals surface area contributed by atoms with E-state index in [4.69, 9.17) is 13.6 Å². The lowest BCUT2D eigenvalue weighted by molar-refractivity contribution is -0.0648. The third-order valence-electron chi connectivity index (χ3n) is 6.56. The van der Waals surface area contributed by atoms with Gasteiger partial charge in [-0.2, -0.15) is 8.78 Å². The van der Waals surface area contributed by atoms with Gasteiger partial charge in [0.15, 0.2) is 5.82 Å². The Balaban J connectivity index is 1.60. The summed E-state index contributed by atoms with van der Waals surface area (Å²) < 4.78 is 77.6. The van der Waals surface area contributed by atoms with Crippen molar-refractivity contribution in [3.63, 3.8) is 0 Å². The second-order valence-corrected chi connectivity index (χ2v) is 9.01. The van der Waals surface area contributed by atoms with Gasteiger partial charge in [0, 0.05) is 34.2 Å². The molecule has 174 valence electrons. The summed E-state index contributed by atoms with van der Waals surface area (Å²) >= 11 is 0. The summed E-state index contributed by atoms with van der Waals surface area (Å²) in [5.41, 5.74) is 0.380. The van der Waals surface area contributed by atoms with E-state index in [0.29, 0.717) is 24.3 Å². The zero-order chi connectivity index (χ0) is 26.3. The van der Waals surface area contributed by atoms with E-state index in [0.717, 1.165) is 4.90 Å². The van der Waals surface area contributed by atoms with Crippen molar-refractivity contribution in [2.75, 3.05) is 20.2 Å². The number of amides is 1. The summed E-state index contributed by atoms with van der Waals surface area (Å²) in [6.07, 6.45) is 0.0476. The summed E-state index contributed by atoms with van der Waals surface area (Å²) in [5.74, 6) is 4.46. The molecule has 6 rings (SSSR count). The van der Waals surface area contributed by atoms with Gasteiger partial charge in [-0.25, -0.2) is 9.37 Å². The Hall–Kier alpha value is -3.51. The van der Waals surface area contributed by atoms with Crippen LogP contribution < -0.4 is 4.74 Å². The van der Waals surface area contributed by atoms with Gasteiger partial charge in [-0.3, -0.25) is 4.79 Å². The predicted molar refractivity (Wildman–Crippen MR) is 116 cm³/mol. The number of aromatic nitrogens is 2. The van der Waals surface area contributed by atoms with E-state index in [-0.39, 0.29) is 40.1 Å². The molecule has 1 amide bonds. The molecule has 1 saturated heterocycles. The number of halogens is 3. The van der Waals surface area contributed by atoms with Gasteiger partial charge in [0.25, 0.3) is 5.91 Å². The summed E-state index contributed by atoms with van der Waals surface area (Å²) in [6, 6.07) is 5.09. The third kappa shape index (κ3) is 3.02. The molecule has 1 aromatic heterocycles. The fourth-order valence-corrected chi connectivity index (χ4v) is 4.94. The Morgan fingerprint density at radius 2 is 2.15 bits per heavy atom. The van der Waals surface area contributed by atoms with Crippen molar-refractivity contribution in [2.24, 2.45) is 5.41 Å². The fourth-order valence-electron chi connectivity index (χ4n) is 4.94. The van der Waals surface area contributed by atoms with Gasteiger partial charge in [0.1, 0.15) is 17.1 Å². The first-order valence-corrected chi connectivity index (χ1v) is 10.7. The molecular weight excluding hydrogens is 447 g/mol. The van der Waals surface area contributed by atoms with Crippen LogP contribution in [0.2, 0.25) is 0 Å². The van der Waals surface area contributed by atoms with E-state index in [1.807, 2.05) is 6.92 Å². The molecule has 0 N–H and O–H groups in total. The van der Waals surface area contributed by atoms with Crippen molar-refractivity contribution >= 4 is 16.9 Å². The van der Waals surface area contributed by atoms with E-state index in [9.17, 15) is 13.6 Å². The van der Waals surface area contributed by atoms with Crippen molar-refractivity contribution in [3.8, 4) is 17.6 Å². The maximum absolute atomic E-state index is 15.3. The van der Waals surface area contributed by atoms with Crippen molar-refractivity contribution in [1.29, 1.82) is 0 Å². The zero-order valence-corrected chi connectivity index (χ0v) is 17.9. The topological polar surface area (TPSA) is 56.6 Å². The summed E-state index contributed by atoms with van der Waals surface area (Å²) in [6.45, 7) is -3.16. The van der Waals surface area contributed by atoms with Gasteiger partial charge in [0.05, 0.1) is 36.2 Å². The highest BCUT2D eigenvalue weighted by atomic mass is 19.3. The number of benzene rings is 2. The van der Waals surface area contributed by atoms with Gasteiger partial charge in [-0.1, -0.05) is 17.9 Å². The molecule has 3 aliphatic rings. The highest BCUT2D eigenvalue weighted by Gasteiger charge is 2.45. The van der Waals surface area contributed by atoms with E-state index in [1.54, 1.807) is 10.6 Å². The molecule has 0 spiro atoms. The molecule has 2 bridgehead atoms. The Morgan fingerprint density at radius 3 is 2.85 bits per heavy atom. The molecular formula is C25H20F3N3O3. The van der Waals surface area contributed by atoms with Crippen LogP contribution in [0.5, 0.6) is 5.75 Å². The van der Waals surface area contributed by atoms with Gasteiger partial charge < -0.3 is 18.9 Å². The maximum Gasteiger partial charge on any atom is 0.387 e. The Kier molecular flexibility index (Phi) is 3.81. The standard InChI is InChI=1S/C25H20F3N3O3/c1-25(11-33-12-25)7-6-13-8-15(26)21-17(9-13)31-16-10-18(22(31)29-21)30(2)23(32)14-4-3-5-19(20(14)16)34-24(27)28/h3-5,8-9,16,18,24H,10-12H2,1-2H3/t16-,18-/m1/s1/i2D3. The highest BCUT2D eigenvalue weighted by molar-refractivity contribution is 5.97. The Bertz CT molecular complexity index is 1520. The fraction of sp³-hybridized carbons (Fsp3) is 0.360. The lowest BCUT2D eigenvalue weighted by Gasteiger charge is -2.32. The SMILES string of the molecule is [2H]C([2H])([2H])N1C(=O)c2cccc(OC(F)F)c2[C@H]2C[C@@H]1c1nc3c(F)cc(C#CC4(C)COC4)cc3n12. The second-order valence-electron chi connectivity index (χ2n) is 9.01. The van der Waals surface area contributed by atoms with E-state index in [1.165, 1.54) is 24.3 Å². The van der Waals surface area contributed by atoms with Gasteiger partial charge in [-0.05, 0) is 31.2 Å². The summed E-state index contributed by atoms with van der Waals surface area (Å²) in [4.78, 5) is 18.6. The first-order chi connectivity index (χ1) is 17.5. The summed E-state index contributed by atoms with van der Waals surface area (Å²) in [7, 11) is 0. The smallest absolute Gasteiger partial charge is 0.387 e. The number of hydrogen-bond acceptors (Lipinski definition) is 4. The number of fused-ring (bicyclic) bond motifs is 9. The molecule has 0 saturated carbocycles. The molecule has 34 heavy (non-hydrogen) atoms. The van der Waals surface area contributed by atoms with E-state index < -0.39 is 37.4 Å². The minimum absolute atomic E-state index is 0.0258. The zero-order valence-electron chi connectivity index (χ0n) is 20.9. The van der Waals surface area contributed by atoms with Crippen LogP contribution in [0.25, 0.3) is 11.0 Å². The number of ether oxygens (including phenoxy) is 2. The molecule has 3 aliphatic heterocycles. The van der Waals surface area contributed by atoms with Crippen molar-refractivity contribution in [2.45, 2.75) is 32.0 Å². The molecule has 6 nitrogen and oxygen atoms in total. The highest BCUT2D eigenvalue weighted by Crippen LogP contribution is 2.50. The molecule has 2 atom stereocenters. The monoisotopic (exact) mass is 470 g/mol. The quantitative estimate of drug-likeness (QED) is 0.525. The molecule has 0 aliphatic carbocycles. The second kappa shape index (κ2) is 7.24. The van der Waals surface area contributed by atoms with Gasteiger partial charge >= 0.3 is 6.61 Å². The Morgan fingerprint density at radius 1 is 1.32 bits per heavy atom. The van der Waals surface area contributed by atoms with Crippen LogP contribution in [-0.2, 0) is 4.74 Å². The van der Waals surface area contributed by atoms with Crippen LogP contribution in [0.15, 0.2) is 30.3 Å². The first kappa shape index (κ1) is 17.9. The minimum Gasteiger partial charge on any atom is -0.434 e. The average molecular weight is 470 g/mol. The largest absolute Gasteiger partial charge is 0.434 e. The Labute approximate surface area is 197 Å². The van der Waals surface area contributed by atoms with Crippen molar-refractivity contribution in [3.05, 3.63) is 58.7 Å². The van der Waals surface area contributed by atoms with Gasteiger partial charge in [0.2, 0.25) is 0 Å². The van der Waals surface area contributed by atoms with Crippen LogP contribution in [-0.4, -0.2) is 47.2 Å². The minimum atomic E-state index is -3.17. The van der Waals surface area contributed by atoms with E-state index >= 15 is 4.39 Å².